The first-order chi connectivity index (χ1) is 14.7. The van der Waals surface area contributed by atoms with E-state index < -0.39 is 0 Å². The van der Waals surface area contributed by atoms with Crippen molar-refractivity contribution in [2.75, 3.05) is 6.61 Å². The Morgan fingerprint density at radius 3 is 2.63 bits per heavy atom. The third kappa shape index (κ3) is 3.77. The van der Waals surface area contributed by atoms with Gasteiger partial charge in [0.25, 0.3) is 0 Å². The van der Waals surface area contributed by atoms with Gasteiger partial charge in [-0.15, -0.1) is 0 Å². The minimum Gasteiger partial charge on any atom is -0.494 e. The van der Waals surface area contributed by atoms with Gasteiger partial charge in [-0.05, 0) is 73.9 Å². The number of rotatable bonds is 6. The predicted molar refractivity (Wildman–Crippen MR) is 122 cm³/mol. The van der Waals surface area contributed by atoms with Crippen molar-refractivity contribution in [3.63, 3.8) is 0 Å². The topological polar surface area (TPSA) is 49.9 Å². The van der Waals surface area contributed by atoms with Gasteiger partial charge in [0.05, 0.1) is 18.0 Å². The monoisotopic (exact) mass is 401 g/mol. The van der Waals surface area contributed by atoms with Crippen LogP contribution in [0.1, 0.15) is 56.2 Å². The van der Waals surface area contributed by atoms with Gasteiger partial charge in [-0.1, -0.05) is 25.1 Å². The van der Waals surface area contributed by atoms with Crippen molar-refractivity contribution in [3.8, 4) is 28.3 Å². The lowest BCUT2D eigenvalue weighted by Gasteiger charge is -2.27. The van der Waals surface area contributed by atoms with Crippen LogP contribution < -0.4 is 10.1 Å². The van der Waals surface area contributed by atoms with Crippen molar-refractivity contribution in [2.24, 2.45) is 5.92 Å². The summed E-state index contributed by atoms with van der Waals surface area (Å²) < 4.78 is 5.57. The first-order valence-corrected chi connectivity index (χ1v) is 11.4. The van der Waals surface area contributed by atoms with E-state index >= 15 is 0 Å². The summed E-state index contributed by atoms with van der Waals surface area (Å²) in [7, 11) is 0. The summed E-state index contributed by atoms with van der Waals surface area (Å²) in [5.74, 6) is 1.80. The van der Waals surface area contributed by atoms with Crippen LogP contribution in [-0.2, 0) is 13.0 Å². The maximum absolute atomic E-state index is 5.57. The molecule has 0 bridgehead atoms. The molecule has 2 aliphatic carbocycles. The van der Waals surface area contributed by atoms with Crippen molar-refractivity contribution in [1.82, 2.24) is 15.5 Å². The molecule has 0 radical (unpaired) electrons. The summed E-state index contributed by atoms with van der Waals surface area (Å²) in [5, 5.41) is 11.7. The van der Waals surface area contributed by atoms with Crippen LogP contribution in [0, 0.1) is 5.92 Å². The molecule has 0 amide bonds. The first kappa shape index (κ1) is 19.4. The first-order valence-electron chi connectivity index (χ1n) is 11.4. The fourth-order valence-corrected chi connectivity index (χ4v) is 4.94. The van der Waals surface area contributed by atoms with E-state index in [-0.39, 0.29) is 0 Å². The summed E-state index contributed by atoms with van der Waals surface area (Å²) in [6, 6.07) is 15.8. The second-order valence-electron chi connectivity index (χ2n) is 8.89. The molecule has 3 aromatic rings. The maximum atomic E-state index is 5.57. The van der Waals surface area contributed by atoms with Crippen molar-refractivity contribution in [3.05, 3.63) is 59.2 Å². The summed E-state index contributed by atoms with van der Waals surface area (Å²) in [5.41, 5.74) is 8.76. The number of ether oxygens (including phenoxy) is 1. The number of hydrogen-bond donors (Lipinski definition) is 2. The van der Waals surface area contributed by atoms with E-state index in [1.54, 1.807) is 0 Å². The van der Waals surface area contributed by atoms with E-state index in [0.717, 1.165) is 35.9 Å². The van der Waals surface area contributed by atoms with Gasteiger partial charge in [0.1, 0.15) is 5.75 Å². The molecule has 30 heavy (non-hydrogen) atoms. The van der Waals surface area contributed by atoms with Crippen LogP contribution in [0.4, 0.5) is 0 Å². The zero-order valence-electron chi connectivity index (χ0n) is 18.0. The van der Waals surface area contributed by atoms with Crippen LogP contribution in [-0.4, -0.2) is 22.8 Å². The molecular formula is C26H31N3O. The summed E-state index contributed by atoms with van der Waals surface area (Å²) >= 11 is 0. The summed E-state index contributed by atoms with van der Waals surface area (Å²) in [4.78, 5) is 0. The average molecular weight is 402 g/mol. The van der Waals surface area contributed by atoms with Crippen LogP contribution in [0.15, 0.2) is 42.5 Å². The lowest BCUT2D eigenvalue weighted by molar-refractivity contribution is 0.306. The molecule has 0 aliphatic heterocycles. The SMILES string of the molecule is CCOc1ccc(-c2n[nH]c3c2Cc2cc(CNC4CCC(C)CC4)ccc2-3)cc1. The summed E-state index contributed by atoms with van der Waals surface area (Å²) in [6.45, 7) is 6.03. The number of nitrogens with zero attached hydrogens (tertiary/aromatic N) is 1. The van der Waals surface area contributed by atoms with E-state index in [9.17, 15) is 0 Å². The number of aromatic amines is 1. The molecule has 0 saturated heterocycles. The van der Waals surface area contributed by atoms with E-state index in [1.807, 2.05) is 19.1 Å². The smallest absolute Gasteiger partial charge is 0.119 e. The van der Waals surface area contributed by atoms with Gasteiger partial charge in [0.2, 0.25) is 0 Å². The van der Waals surface area contributed by atoms with Gasteiger partial charge in [-0.25, -0.2) is 0 Å². The molecule has 4 nitrogen and oxygen atoms in total. The normalized spacial score (nSPS) is 20.1. The zero-order chi connectivity index (χ0) is 20.5. The second-order valence-corrected chi connectivity index (χ2v) is 8.89. The summed E-state index contributed by atoms with van der Waals surface area (Å²) in [6.07, 6.45) is 6.29. The number of fused-ring (bicyclic) bond motifs is 3. The fraction of sp³-hybridized carbons (Fsp3) is 0.423. The Labute approximate surface area is 179 Å². The highest BCUT2D eigenvalue weighted by Crippen LogP contribution is 2.40. The number of H-pyrrole nitrogens is 1. The van der Waals surface area contributed by atoms with Crippen molar-refractivity contribution >= 4 is 0 Å². The van der Waals surface area contributed by atoms with Crippen molar-refractivity contribution in [1.29, 1.82) is 0 Å². The van der Waals surface area contributed by atoms with Gasteiger partial charge in [0, 0.05) is 35.7 Å². The number of hydrogen-bond acceptors (Lipinski definition) is 3. The van der Waals surface area contributed by atoms with Gasteiger partial charge >= 0.3 is 0 Å². The Kier molecular flexibility index (Phi) is 5.34. The molecule has 0 atom stereocenters. The van der Waals surface area contributed by atoms with Crippen LogP contribution >= 0.6 is 0 Å². The third-order valence-corrected chi connectivity index (χ3v) is 6.72. The van der Waals surface area contributed by atoms with Crippen molar-refractivity contribution in [2.45, 2.75) is 58.5 Å². The standard InChI is InChI=1S/C26H31N3O/c1-3-30-22-11-7-19(8-12-22)25-24-15-20-14-18(6-13-23(20)26(24)29-28-25)16-27-21-9-4-17(2)5-10-21/h6-8,11-14,17,21,27H,3-5,9-10,15-16H2,1-2H3,(H,28,29). The minimum atomic E-state index is 0.678. The van der Waals surface area contributed by atoms with Crippen LogP contribution in [0.5, 0.6) is 5.75 Å². The highest BCUT2D eigenvalue weighted by atomic mass is 16.5. The molecule has 1 aromatic heterocycles. The number of aromatic nitrogens is 2. The molecule has 2 aliphatic rings. The Morgan fingerprint density at radius 2 is 1.87 bits per heavy atom. The van der Waals surface area contributed by atoms with Crippen LogP contribution in [0.3, 0.4) is 0 Å². The molecule has 5 rings (SSSR count). The Morgan fingerprint density at radius 1 is 1.07 bits per heavy atom. The fourth-order valence-electron chi connectivity index (χ4n) is 4.94. The largest absolute Gasteiger partial charge is 0.494 e. The molecule has 1 fully saturated rings. The highest BCUT2D eigenvalue weighted by Gasteiger charge is 2.25. The quantitative estimate of drug-likeness (QED) is 0.435. The third-order valence-electron chi connectivity index (χ3n) is 6.72. The van der Waals surface area contributed by atoms with Gasteiger partial charge in [0.15, 0.2) is 0 Å². The number of nitrogens with one attached hydrogen (secondary N) is 2. The lowest BCUT2D eigenvalue weighted by atomic mass is 9.87. The highest BCUT2D eigenvalue weighted by molar-refractivity contribution is 5.81. The Hall–Kier alpha value is -2.59. The lowest BCUT2D eigenvalue weighted by Crippen LogP contribution is -2.32. The molecule has 2 N–H and O–H groups in total. The molecule has 2 aromatic carbocycles. The Balaban J connectivity index is 1.30. The van der Waals surface area contributed by atoms with Gasteiger partial charge < -0.3 is 10.1 Å². The predicted octanol–water partition coefficient (Wildman–Crippen LogP) is 5.71. The molecular weight excluding hydrogens is 370 g/mol. The molecule has 4 heteroatoms. The maximum Gasteiger partial charge on any atom is 0.119 e. The molecule has 1 saturated carbocycles. The number of benzene rings is 2. The van der Waals surface area contributed by atoms with Crippen molar-refractivity contribution < 1.29 is 4.74 Å². The van der Waals surface area contributed by atoms with Crippen LogP contribution in [0.2, 0.25) is 0 Å². The minimum absolute atomic E-state index is 0.678. The van der Waals surface area contributed by atoms with Gasteiger partial charge in [-0.3, -0.25) is 5.10 Å². The second kappa shape index (κ2) is 8.27. The van der Waals surface area contributed by atoms with E-state index in [0.29, 0.717) is 12.6 Å². The zero-order valence-corrected chi connectivity index (χ0v) is 18.0. The van der Waals surface area contributed by atoms with Crippen LogP contribution in [0.25, 0.3) is 22.5 Å². The van der Waals surface area contributed by atoms with Gasteiger partial charge in [-0.2, -0.15) is 5.10 Å². The molecule has 156 valence electrons. The molecule has 0 spiro atoms. The van der Waals surface area contributed by atoms with E-state index in [2.05, 4.69) is 52.8 Å². The average Bonchev–Trinajstić information content (AvgIpc) is 3.33. The Bertz CT molecular complexity index is 1010. The molecule has 0 unspecified atom stereocenters. The van der Waals surface area contributed by atoms with E-state index in [4.69, 9.17) is 4.74 Å². The molecule has 1 heterocycles. The van der Waals surface area contributed by atoms with E-state index in [1.165, 1.54) is 53.6 Å².